The largest absolute Gasteiger partial charge is 0.484 e. The van der Waals surface area contributed by atoms with Gasteiger partial charge in [0.2, 0.25) is 6.39 Å². The summed E-state index contributed by atoms with van der Waals surface area (Å²) < 4.78 is 9.79. The van der Waals surface area contributed by atoms with Crippen molar-refractivity contribution >= 4 is 11.6 Å². The van der Waals surface area contributed by atoms with Crippen LogP contribution >= 0.6 is 0 Å². The number of hydrogen-bond donors (Lipinski definition) is 2. The predicted octanol–water partition coefficient (Wildman–Crippen LogP) is 0.347. The second-order valence-electron chi connectivity index (χ2n) is 3.49. The van der Waals surface area contributed by atoms with E-state index in [1.54, 1.807) is 24.3 Å². The molecule has 0 saturated carbocycles. The van der Waals surface area contributed by atoms with Crippen LogP contribution in [-0.4, -0.2) is 22.7 Å². The number of anilines is 1. The average molecular weight is 248 g/mol. The predicted molar refractivity (Wildman–Crippen MR) is 62.5 cm³/mol. The van der Waals surface area contributed by atoms with E-state index < -0.39 is 0 Å². The third kappa shape index (κ3) is 3.48. The summed E-state index contributed by atoms with van der Waals surface area (Å²) in [5.74, 6) is 0.680. The van der Waals surface area contributed by atoms with E-state index in [2.05, 4.69) is 20.0 Å². The molecule has 0 radical (unpaired) electrons. The third-order valence-electron chi connectivity index (χ3n) is 2.08. The Bertz CT molecular complexity index is 513. The highest BCUT2D eigenvalue weighted by molar-refractivity contribution is 5.77. The quantitative estimate of drug-likeness (QED) is 0.740. The van der Waals surface area contributed by atoms with Crippen LogP contribution in [0.3, 0.4) is 0 Å². The van der Waals surface area contributed by atoms with Crippen LogP contribution in [0.25, 0.3) is 0 Å². The van der Waals surface area contributed by atoms with E-state index >= 15 is 0 Å². The van der Waals surface area contributed by atoms with E-state index in [0.29, 0.717) is 17.3 Å². The monoisotopic (exact) mass is 248 g/mol. The Labute approximate surface area is 103 Å². The number of carbonyl (C=O) groups is 1. The van der Waals surface area contributed by atoms with Gasteiger partial charge in [-0.2, -0.15) is 4.98 Å². The number of hydrogen-bond acceptors (Lipinski definition) is 6. The maximum atomic E-state index is 11.4. The molecular weight excluding hydrogens is 236 g/mol. The number of amides is 1. The topological polar surface area (TPSA) is 103 Å². The zero-order valence-electron chi connectivity index (χ0n) is 9.50. The van der Waals surface area contributed by atoms with Gasteiger partial charge in [-0.1, -0.05) is 11.2 Å². The molecule has 0 fully saturated rings. The first-order valence-corrected chi connectivity index (χ1v) is 5.24. The summed E-state index contributed by atoms with van der Waals surface area (Å²) in [6.07, 6.45) is 1.20. The summed E-state index contributed by atoms with van der Waals surface area (Å²) in [4.78, 5) is 15.2. The first-order valence-electron chi connectivity index (χ1n) is 5.24. The van der Waals surface area contributed by atoms with Gasteiger partial charge < -0.3 is 20.3 Å². The van der Waals surface area contributed by atoms with E-state index in [1.165, 1.54) is 6.39 Å². The van der Waals surface area contributed by atoms with Gasteiger partial charge in [0, 0.05) is 11.8 Å². The Morgan fingerprint density at radius 3 is 3.11 bits per heavy atom. The summed E-state index contributed by atoms with van der Waals surface area (Å²) in [5.41, 5.74) is 6.16. The van der Waals surface area contributed by atoms with Crippen LogP contribution in [0, 0.1) is 0 Å². The van der Waals surface area contributed by atoms with Gasteiger partial charge in [0.05, 0.1) is 6.54 Å². The molecule has 1 aromatic heterocycles. The Hall–Kier alpha value is -2.57. The van der Waals surface area contributed by atoms with Gasteiger partial charge in [-0.15, -0.1) is 0 Å². The van der Waals surface area contributed by atoms with E-state index in [1.807, 2.05) is 0 Å². The van der Waals surface area contributed by atoms with Crippen molar-refractivity contribution in [1.82, 2.24) is 15.5 Å². The summed E-state index contributed by atoms with van der Waals surface area (Å²) in [6.45, 7) is 0.108. The summed E-state index contributed by atoms with van der Waals surface area (Å²) in [5, 5.41) is 6.15. The van der Waals surface area contributed by atoms with Crippen LogP contribution in [0.5, 0.6) is 5.75 Å². The Morgan fingerprint density at radius 2 is 2.39 bits per heavy atom. The number of nitrogen functional groups attached to an aromatic ring is 1. The minimum absolute atomic E-state index is 0.0959. The van der Waals surface area contributed by atoms with Gasteiger partial charge in [-0.25, -0.2) is 0 Å². The number of aromatic nitrogens is 2. The lowest BCUT2D eigenvalue weighted by Gasteiger charge is -2.06. The highest BCUT2D eigenvalue weighted by Gasteiger charge is 2.05. The number of nitrogens with zero attached hydrogens (tertiary/aromatic N) is 2. The second-order valence-corrected chi connectivity index (χ2v) is 3.49. The van der Waals surface area contributed by atoms with Crippen molar-refractivity contribution in [2.75, 3.05) is 12.3 Å². The molecule has 7 nitrogen and oxygen atoms in total. The molecule has 0 spiro atoms. The number of carbonyl (C=O) groups excluding carboxylic acids is 1. The minimum atomic E-state index is -0.276. The second kappa shape index (κ2) is 5.67. The summed E-state index contributed by atoms with van der Waals surface area (Å²) >= 11 is 0. The first kappa shape index (κ1) is 11.9. The van der Waals surface area contributed by atoms with Crippen molar-refractivity contribution in [1.29, 1.82) is 0 Å². The lowest BCUT2D eigenvalue weighted by molar-refractivity contribution is -0.123. The SMILES string of the molecule is Nc1cccc(OCC(=O)NCc2ncon2)c1. The zero-order valence-corrected chi connectivity index (χ0v) is 9.50. The summed E-state index contributed by atoms with van der Waals surface area (Å²) in [6, 6.07) is 6.86. The highest BCUT2D eigenvalue weighted by Crippen LogP contribution is 2.13. The molecule has 0 aliphatic heterocycles. The van der Waals surface area contributed by atoms with Crippen molar-refractivity contribution in [3.05, 3.63) is 36.5 Å². The van der Waals surface area contributed by atoms with Crippen LogP contribution in [0.15, 0.2) is 35.2 Å². The number of ether oxygens (including phenoxy) is 1. The zero-order chi connectivity index (χ0) is 12.8. The van der Waals surface area contributed by atoms with Gasteiger partial charge in [0.25, 0.3) is 5.91 Å². The molecule has 0 unspecified atom stereocenters. The first-order chi connectivity index (χ1) is 8.74. The van der Waals surface area contributed by atoms with E-state index in [0.717, 1.165) is 0 Å². The maximum Gasteiger partial charge on any atom is 0.258 e. The molecule has 1 amide bonds. The molecule has 0 saturated heterocycles. The maximum absolute atomic E-state index is 11.4. The van der Waals surface area contributed by atoms with Crippen molar-refractivity contribution < 1.29 is 14.1 Å². The molecule has 0 aliphatic rings. The van der Waals surface area contributed by atoms with Gasteiger partial charge in [-0.3, -0.25) is 4.79 Å². The van der Waals surface area contributed by atoms with Gasteiger partial charge in [0.15, 0.2) is 12.4 Å². The van der Waals surface area contributed by atoms with Crippen LogP contribution in [0.2, 0.25) is 0 Å². The molecule has 2 rings (SSSR count). The lowest BCUT2D eigenvalue weighted by Crippen LogP contribution is -2.28. The number of benzene rings is 1. The molecular formula is C11H12N4O3. The summed E-state index contributed by atoms with van der Waals surface area (Å²) in [7, 11) is 0. The molecule has 1 aromatic carbocycles. The fraction of sp³-hybridized carbons (Fsp3) is 0.182. The van der Waals surface area contributed by atoms with Gasteiger partial charge >= 0.3 is 0 Å². The molecule has 7 heteroatoms. The Kier molecular flexibility index (Phi) is 3.75. The molecule has 0 aliphatic carbocycles. The van der Waals surface area contributed by atoms with Crippen molar-refractivity contribution in [2.24, 2.45) is 0 Å². The number of rotatable bonds is 5. The molecule has 0 atom stereocenters. The van der Waals surface area contributed by atoms with Crippen LogP contribution in [0.4, 0.5) is 5.69 Å². The van der Waals surface area contributed by atoms with Crippen molar-refractivity contribution in [3.63, 3.8) is 0 Å². The van der Waals surface area contributed by atoms with Crippen LogP contribution in [0.1, 0.15) is 5.82 Å². The van der Waals surface area contributed by atoms with Crippen molar-refractivity contribution in [3.8, 4) is 5.75 Å². The van der Waals surface area contributed by atoms with Gasteiger partial charge in [-0.05, 0) is 12.1 Å². The molecule has 2 aromatic rings. The third-order valence-corrected chi connectivity index (χ3v) is 2.08. The number of nitrogens with two attached hydrogens (primary N) is 1. The Balaban J connectivity index is 1.75. The van der Waals surface area contributed by atoms with Crippen LogP contribution < -0.4 is 15.8 Å². The van der Waals surface area contributed by atoms with E-state index in [-0.39, 0.29) is 19.1 Å². The fourth-order valence-electron chi connectivity index (χ4n) is 1.25. The standard InChI is InChI=1S/C11H12N4O3/c12-8-2-1-3-9(4-8)17-6-11(16)13-5-10-14-7-18-15-10/h1-4,7H,5-6,12H2,(H,13,16). The Morgan fingerprint density at radius 1 is 1.50 bits per heavy atom. The molecule has 18 heavy (non-hydrogen) atoms. The lowest BCUT2D eigenvalue weighted by atomic mass is 10.3. The minimum Gasteiger partial charge on any atom is -0.484 e. The average Bonchev–Trinajstić information content (AvgIpc) is 2.87. The van der Waals surface area contributed by atoms with E-state index in [4.69, 9.17) is 10.5 Å². The van der Waals surface area contributed by atoms with Crippen LogP contribution in [-0.2, 0) is 11.3 Å². The van der Waals surface area contributed by atoms with Crippen molar-refractivity contribution in [2.45, 2.75) is 6.54 Å². The molecule has 0 bridgehead atoms. The van der Waals surface area contributed by atoms with Gasteiger partial charge in [0.1, 0.15) is 5.75 Å². The highest BCUT2D eigenvalue weighted by atomic mass is 16.5. The normalized spacial score (nSPS) is 10.0. The fourth-order valence-corrected chi connectivity index (χ4v) is 1.25. The molecule has 3 N–H and O–H groups in total. The molecule has 94 valence electrons. The van der Waals surface area contributed by atoms with E-state index in [9.17, 15) is 4.79 Å². The smallest absolute Gasteiger partial charge is 0.258 e. The molecule has 1 heterocycles. The number of nitrogens with one attached hydrogen (secondary N) is 1.